The summed E-state index contributed by atoms with van der Waals surface area (Å²) in [5.41, 5.74) is 6.47. The lowest BCUT2D eigenvalue weighted by Gasteiger charge is -2.18. The summed E-state index contributed by atoms with van der Waals surface area (Å²) in [6.07, 6.45) is 8.74. The second-order valence-corrected chi connectivity index (χ2v) is 13.6. The Morgan fingerprint density at radius 2 is 1.78 bits per heavy atom. The predicted molar refractivity (Wildman–Crippen MR) is 196 cm³/mol. The first-order chi connectivity index (χ1) is 23.9. The number of nitrogens with one attached hydrogen (secondary N) is 1. The molecule has 0 spiro atoms. The minimum absolute atomic E-state index is 0.0109. The highest BCUT2D eigenvalue weighted by atomic mass is 79.9. The fraction of sp³-hybridized carbons (Fsp3) is 0.342. The van der Waals surface area contributed by atoms with E-state index in [-0.39, 0.29) is 25.9 Å². The zero-order valence-electron chi connectivity index (χ0n) is 27.5. The summed E-state index contributed by atoms with van der Waals surface area (Å²) >= 11 is 10.7. The number of ether oxygens (including phenoxy) is 2. The Kier molecular flexibility index (Phi) is 11.8. The number of likely N-dealkylation sites (tertiary alicyclic amines) is 1. The Bertz CT molecular complexity index is 1940. The molecule has 254 valence electrons. The molecule has 49 heavy (non-hydrogen) atoms. The fourth-order valence-corrected chi connectivity index (χ4v) is 6.97. The van der Waals surface area contributed by atoms with Crippen molar-refractivity contribution in [2.75, 3.05) is 26.2 Å². The highest BCUT2D eigenvalue weighted by Gasteiger charge is 2.17. The molecular weight excluding hydrogens is 704 g/mol. The Balaban J connectivity index is 1.20. The van der Waals surface area contributed by atoms with Crippen LogP contribution >= 0.6 is 27.5 Å². The number of rotatable bonds is 15. The molecule has 3 aromatic carbocycles. The highest BCUT2D eigenvalue weighted by Crippen LogP contribution is 2.37. The number of aliphatic hydroxyl groups excluding tert-OH is 1. The average Bonchev–Trinajstić information content (AvgIpc) is 3.80. The summed E-state index contributed by atoms with van der Waals surface area (Å²) in [6.45, 7) is 7.33. The number of aryl methyl sites for hydroxylation is 1. The van der Waals surface area contributed by atoms with E-state index in [1.165, 1.54) is 32.1 Å². The molecule has 0 radical (unpaired) electrons. The van der Waals surface area contributed by atoms with Crippen molar-refractivity contribution in [1.82, 2.24) is 25.0 Å². The van der Waals surface area contributed by atoms with Crippen molar-refractivity contribution in [1.29, 1.82) is 5.26 Å². The standard InChI is InChI=1S/C38H40BrClN6O3/c1-26(23-47)43-20-29-16-35(40)37(17-30(29)25-48-31-15-27(18-41)19-42-21-31)49-24-28-7-4-9-33(38(28)39)32-8-5-10-36-34(32)22-44-46(36)14-6-13-45-11-2-3-12-45/h4-5,7-10,15-17,19,21-22,26,43,47H,2-3,6,11-14,20,23-25H2,1H3. The van der Waals surface area contributed by atoms with E-state index >= 15 is 0 Å². The molecule has 0 amide bonds. The van der Waals surface area contributed by atoms with E-state index in [1.54, 1.807) is 12.3 Å². The SMILES string of the molecule is CC(CO)NCc1cc(Cl)c(OCc2cccc(-c3cccc4c3cnn4CCCN3CCCC3)c2Br)cc1COc1cncc(C#N)c1. The van der Waals surface area contributed by atoms with E-state index in [1.807, 2.05) is 37.4 Å². The molecule has 0 aliphatic carbocycles. The molecule has 2 N–H and O–H groups in total. The smallest absolute Gasteiger partial charge is 0.139 e. The first-order valence-electron chi connectivity index (χ1n) is 16.6. The van der Waals surface area contributed by atoms with E-state index in [0.717, 1.165) is 62.7 Å². The number of nitrogens with zero attached hydrogens (tertiary/aromatic N) is 5. The molecule has 2 aromatic heterocycles. The average molecular weight is 744 g/mol. The molecule has 11 heteroatoms. The highest BCUT2D eigenvalue weighted by molar-refractivity contribution is 9.10. The minimum Gasteiger partial charge on any atom is -0.487 e. The molecule has 0 saturated carbocycles. The number of aromatic nitrogens is 3. The van der Waals surface area contributed by atoms with Crippen molar-refractivity contribution in [3.63, 3.8) is 0 Å². The Morgan fingerprint density at radius 3 is 2.59 bits per heavy atom. The van der Waals surface area contributed by atoms with Crippen LogP contribution in [0.3, 0.4) is 0 Å². The van der Waals surface area contributed by atoms with E-state index in [9.17, 15) is 10.4 Å². The first-order valence-corrected chi connectivity index (χ1v) is 17.8. The predicted octanol–water partition coefficient (Wildman–Crippen LogP) is 7.50. The van der Waals surface area contributed by atoms with Crippen molar-refractivity contribution in [3.8, 4) is 28.7 Å². The maximum Gasteiger partial charge on any atom is 0.139 e. The summed E-state index contributed by atoms with van der Waals surface area (Å²) in [5.74, 6) is 1.01. The van der Waals surface area contributed by atoms with Crippen LogP contribution in [-0.4, -0.2) is 57.1 Å². The first kappa shape index (κ1) is 34.9. The lowest BCUT2D eigenvalue weighted by molar-refractivity contribution is 0.250. The van der Waals surface area contributed by atoms with Crippen LogP contribution in [0.5, 0.6) is 11.5 Å². The third-order valence-corrected chi connectivity index (χ3v) is 10.1. The number of halogens is 2. The number of hydrogen-bond donors (Lipinski definition) is 2. The largest absolute Gasteiger partial charge is 0.487 e. The third-order valence-electron chi connectivity index (χ3n) is 8.89. The number of nitriles is 1. The molecule has 3 heterocycles. The zero-order chi connectivity index (χ0) is 34.2. The van der Waals surface area contributed by atoms with Crippen molar-refractivity contribution in [2.45, 2.75) is 58.5 Å². The van der Waals surface area contributed by atoms with Crippen molar-refractivity contribution < 1.29 is 14.6 Å². The second-order valence-electron chi connectivity index (χ2n) is 12.4. The van der Waals surface area contributed by atoms with Crippen LogP contribution in [-0.2, 0) is 26.3 Å². The van der Waals surface area contributed by atoms with Crippen molar-refractivity contribution in [2.24, 2.45) is 0 Å². The fourth-order valence-electron chi connectivity index (χ4n) is 6.14. The summed E-state index contributed by atoms with van der Waals surface area (Å²) < 4.78 is 15.5. The zero-order valence-corrected chi connectivity index (χ0v) is 29.9. The van der Waals surface area contributed by atoms with Crippen LogP contribution in [0.25, 0.3) is 22.0 Å². The summed E-state index contributed by atoms with van der Waals surface area (Å²) in [7, 11) is 0. The topological polar surface area (TPSA) is 108 Å². The molecule has 0 bridgehead atoms. The van der Waals surface area contributed by atoms with Gasteiger partial charge in [-0.15, -0.1) is 0 Å². The van der Waals surface area contributed by atoms with Crippen molar-refractivity contribution in [3.05, 3.63) is 105 Å². The lowest BCUT2D eigenvalue weighted by Crippen LogP contribution is -2.29. The van der Waals surface area contributed by atoms with E-state index in [2.05, 4.69) is 66.1 Å². The van der Waals surface area contributed by atoms with Gasteiger partial charge in [-0.3, -0.25) is 9.67 Å². The second kappa shape index (κ2) is 16.6. The summed E-state index contributed by atoms with van der Waals surface area (Å²) in [5, 5.41) is 28.4. The van der Waals surface area contributed by atoms with Crippen LogP contribution in [0.4, 0.5) is 0 Å². The molecule has 1 saturated heterocycles. The van der Waals surface area contributed by atoms with Crippen molar-refractivity contribution >= 4 is 38.4 Å². The Morgan fingerprint density at radius 1 is 0.980 bits per heavy atom. The van der Waals surface area contributed by atoms with Gasteiger partial charge < -0.3 is 24.8 Å². The van der Waals surface area contributed by atoms with Crippen LogP contribution in [0.1, 0.15) is 48.4 Å². The molecule has 1 fully saturated rings. The number of aliphatic hydroxyl groups is 1. The Hall–Kier alpha value is -3.98. The number of fused-ring (bicyclic) bond motifs is 1. The molecule has 9 nitrogen and oxygen atoms in total. The molecule has 1 atom stereocenters. The third kappa shape index (κ3) is 8.61. The molecule has 1 unspecified atom stereocenters. The quantitative estimate of drug-likeness (QED) is 0.114. The van der Waals surface area contributed by atoms with Gasteiger partial charge in [0.1, 0.15) is 30.8 Å². The summed E-state index contributed by atoms with van der Waals surface area (Å²) in [6, 6.07) is 20.0. The van der Waals surface area contributed by atoms with E-state index in [4.69, 9.17) is 26.2 Å². The summed E-state index contributed by atoms with van der Waals surface area (Å²) in [4.78, 5) is 6.64. The maximum atomic E-state index is 9.52. The van der Waals surface area contributed by atoms with Gasteiger partial charge in [-0.25, -0.2) is 0 Å². The minimum atomic E-state index is -0.0930. The van der Waals surface area contributed by atoms with Gasteiger partial charge in [0.05, 0.1) is 35.1 Å². The number of hydrogen-bond acceptors (Lipinski definition) is 8. The maximum absolute atomic E-state index is 9.52. The number of pyridine rings is 1. The molecule has 5 aromatic rings. The van der Waals surface area contributed by atoms with Crippen LogP contribution in [0.15, 0.2) is 77.7 Å². The monoisotopic (exact) mass is 742 g/mol. The van der Waals surface area contributed by atoms with Crippen LogP contribution in [0.2, 0.25) is 5.02 Å². The molecule has 1 aliphatic rings. The van der Waals surface area contributed by atoms with Gasteiger partial charge in [0.15, 0.2) is 0 Å². The van der Waals surface area contributed by atoms with Gasteiger partial charge in [0.2, 0.25) is 0 Å². The van der Waals surface area contributed by atoms with Gasteiger partial charge in [-0.05, 0) is 102 Å². The van der Waals surface area contributed by atoms with Gasteiger partial charge >= 0.3 is 0 Å². The van der Waals surface area contributed by atoms with Crippen LogP contribution < -0.4 is 14.8 Å². The van der Waals surface area contributed by atoms with E-state index in [0.29, 0.717) is 28.6 Å². The molecular formula is C38H40BrClN6O3. The van der Waals surface area contributed by atoms with Crippen LogP contribution in [0, 0.1) is 11.3 Å². The lowest BCUT2D eigenvalue weighted by atomic mass is 10.00. The van der Waals surface area contributed by atoms with Gasteiger partial charge in [-0.2, -0.15) is 10.4 Å². The molecule has 6 rings (SSSR count). The van der Waals surface area contributed by atoms with Gasteiger partial charge in [-0.1, -0.05) is 41.9 Å². The Labute approximate surface area is 300 Å². The van der Waals surface area contributed by atoms with Gasteiger partial charge in [0, 0.05) is 46.8 Å². The van der Waals surface area contributed by atoms with Gasteiger partial charge in [0.25, 0.3) is 0 Å². The van der Waals surface area contributed by atoms with E-state index < -0.39 is 0 Å². The molecule has 1 aliphatic heterocycles. The number of benzene rings is 3. The normalized spacial score (nSPS) is 13.9.